The third kappa shape index (κ3) is 1.74. The molecule has 0 bridgehead atoms. The van der Waals surface area contributed by atoms with E-state index in [1.807, 2.05) is 25.1 Å². The summed E-state index contributed by atoms with van der Waals surface area (Å²) < 4.78 is 10.7. The fraction of sp³-hybridized carbons (Fsp3) is 0.455. The Bertz CT molecular complexity index is 271. The lowest BCUT2D eigenvalue weighted by Gasteiger charge is -2.03. The maximum Gasteiger partial charge on any atom is 0.115 e. The molecule has 0 saturated carbocycles. The number of hydrogen-bond acceptors (Lipinski definition) is 2. The summed E-state index contributed by atoms with van der Waals surface area (Å²) in [6.45, 7) is 2.04. The summed E-state index contributed by atoms with van der Waals surface area (Å²) >= 11 is 0. The Kier molecular flexibility index (Phi) is 2.34. The van der Waals surface area contributed by atoms with E-state index >= 15 is 0 Å². The van der Waals surface area contributed by atoms with Crippen LogP contribution in [0.3, 0.4) is 0 Å². The molecule has 3 atom stereocenters. The molecule has 1 aliphatic rings. The first-order chi connectivity index (χ1) is 6.33. The number of methoxy groups -OCH3 is 1. The summed E-state index contributed by atoms with van der Waals surface area (Å²) in [5.41, 5.74) is 1.25. The van der Waals surface area contributed by atoms with E-state index in [2.05, 4.69) is 12.1 Å². The molecular weight excluding hydrogens is 164 g/mol. The Morgan fingerprint density at radius 3 is 2.62 bits per heavy atom. The summed E-state index contributed by atoms with van der Waals surface area (Å²) in [4.78, 5) is 0. The van der Waals surface area contributed by atoms with E-state index in [0.29, 0.717) is 0 Å². The van der Waals surface area contributed by atoms with Crippen molar-refractivity contribution >= 4 is 0 Å². The molecule has 0 aliphatic carbocycles. The lowest BCUT2D eigenvalue weighted by atomic mass is 10.1. The fourth-order valence-electron chi connectivity index (χ4n) is 1.53. The van der Waals surface area contributed by atoms with Gasteiger partial charge in [0.05, 0.1) is 6.10 Å². The highest BCUT2D eigenvalue weighted by atomic mass is 16.6. The highest BCUT2D eigenvalue weighted by molar-refractivity contribution is 5.22. The molecule has 2 heteroatoms. The first-order valence-corrected chi connectivity index (χ1v) is 4.56. The Labute approximate surface area is 78.5 Å². The van der Waals surface area contributed by atoms with Crippen molar-refractivity contribution in [2.75, 3.05) is 7.11 Å². The summed E-state index contributed by atoms with van der Waals surface area (Å²) in [6.07, 6.45) is 0.675. The first-order valence-electron chi connectivity index (χ1n) is 4.56. The van der Waals surface area contributed by atoms with Crippen LogP contribution in [0.2, 0.25) is 0 Å². The van der Waals surface area contributed by atoms with Gasteiger partial charge in [-0.2, -0.15) is 0 Å². The predicted molar refractivity (Wildman–Crippen MR) is 50.5 cm³/mol. The first kappa shape index (κ1) is 8.73. The topological polar surface area (TPSA) is 21.8 Å². The molecule has 0 N–H and O–H groups in total. The van der Waals surface area contributed by atoms with Crippen LogP contribution in [0.25, 0.3) is 0 Å². The van der Waals surface area contributed by atoms with Crippen LogP contribution in [-0.4, -0.2) is 19.3 Å². The summed E-state index contributed by atoms with van der Waals surface area (Å²) in [5, 5.41) is 0. The average molecular weight is 178 g/mol. The minimum absolute atomic E-state index is 0.185. The van der Waals surface area contributed by atoms with Gasteiger partial charge in [0.2, 0.25) is 0 Å². The third-order valence-electron chi connectivity index (χ3n) is 2.49. The zero-order valence-electron chi connectivity index (χ0n) is 7.94. The molecule has 2 nitrogen and oxygen atoms in total. The number of epoxide rings is 1. The molecule has 1 saturated heterocycles. The Balaban J connectivity index is 2.00. The SMILES string of the molecule is COC(C)C1OC1c1ccccc1. The zero-order chi connectivity index (χ0) is 9.26. The van der Waals surface area contributed by atoms with Gasteiger partial charge in [-0.25, -0.2) is 0 Å². The van der Waals surface area contributed by atoms with Crippen LogP contribution in [0.4, 0.5) is 0 Å². The van der Waals surface area contributed by atoms with Gasteiger partial charge in [-0.3, -0.25) is 0 Å². The fourth-order valence-corrected chi connectivity index (χ4v) is 1.53. The molecule has 13 heavy (non-hydrogen) atoms. The van der Waals surface area contributed by atoms with Crippen molar-refractivity contribution in [3.63, 3.8) is 0 Å². The van der Waals surface area contributed by atoms with Crippen LogP contribution in [0.15, 0.2) is 30.3 Å². The van der Waals surface area contributed by atoms with Gasteiger partial charge in [0.15, 0.2) is 0 Å². The monoisotopic (exact) mass is 178 g/mol. The largest absolute Gasteiger partial charge is 0.379 e. The zero-order valence-corrected chi connectivity index (χ0v) is 7.94. The number of rotatable bonds is 3. The molecule has 2 rings (SSSR count). The average Bonchev–Trinajstić information content (AvgIpc) is 2.98. The van der Waals surface area contributed by atoms with Gasteiger partial charge in [0.25, 0.3) is 0 Å². The minimum atomic E-state index is 0.185. The standard InChI is InChI=1S/C11H14O2/c1-8(12-2)10-11(13-10)9-6-4-3-5-7-9/h3-8,10-11H,1-2H3. The van der Waals surface area contributed by atoms with Gasteiger partial charge in [0.1, 0.15) is 12.2 Å². The van der Waals surface area contributed by atoms with Gasteiger partial charge >= 0.3 is 0 Å². The minimum Gasteiger partial charge on any atom is -0.379 e. The van der Waals surface area contributed by atoms with E-state index in [-0.39, 0.29) is 18.3 Å². The van der Waals surface area contributed by atoms with Crippen LogP contribution >= 0.6 is 0 Å². The second-order valence-corrected chi connectivity index (χ2v) is 3.37. The second-order valence-electron chi connectivity index (χ2n) is 3.37. The molecule has 1 aromatic carbocycles. The Hall–Kier alpha value is -0.860. The van der Waals surface area contributed by atoms with Crippen molar-refractivity contribution in [1.82, 2.24) is 0 Å². The molecule has 0 aromatic heterocycles. The summed E-state index contributed by atoms with van der Waals surface area (Å²) in [5.74, 6) is 0. The third-order valence-corrected chi connectivity index (χ3v) is 2.49. The molecule has 3 unspecified atom stereocenters. The quantitative estimate of drug-likeness (QED) is 0.661. The van der Waals surface area contributed by atoms with E-state index in [1.54, 1.807) is 7.11 Å². The van der Waals surface area contributed by atoms with Crippen LogP contribution in [0.5, 0.6) is 0 Å². The van der Waals surface area contributed by atoms with E-state index < -0.39 is 0 Å². The molecule has 0 amide bonds. The van der Waals surface area contributed by atoms with Gasteiger partial charge < -0.3 is 9.47 Å². The van der Waals surface area contributed by atoms with E-state index in [1.165, 1.54) is 5.56 Å². The number of benzene rings is 1. The summed E-state index contributed by atoms with van der Waals surface area (Å²) in [7, 11) is 1.72. The number of hydrogen-bond donors (Lipinski definition) is 0. The van der Waals surface area contributed by atoms with Crippen LogP contribution in [-0.2, 0) is 9.47 Å². The predicted octanol–water partition coefficient (Wildman–Crippen LogP) is 2.16. The van der Waals surface area contributed by atoms with Crippen molar-refractivity contribution in [2.24, 2.45) is 0 Å². The molecule has 1 heterocycles. The van der Waals surface area contributed by atoms with E-state index in [9.17, 15) is 0 Å². The maximum absolute atomic E-state index is 5.53. The molecule has 0 radical (unpaired) electrons. The number of ether oxygens (including phenoxy) is 2. The molecule has 1 aliphatic heterocycles. The smallest absolute Gasteiger partial charge is 0.115 e. The maximum atomic E-state index is 5.53. The van der Waals surface area contributed by atoms with Crippen molar-refractivity contribution < 1.29 is 9.47 Å². The van der Waals surface area contributed by atoms with Crippen molar-refractivity contribution in [3.8, 4) is 0 Å². The van der Waals surface area contributed by atoms with Gasteiger partial charge in [0, 0.05) is 7.11 Å². The highest BCUT2D eigenvalue weighted by Gasteiger charge is 2.44. The molecular formula is C11H14O2. The lowest BCUT2D eigenvalue weighted by molar-refractivity contribution is 0.0909. The van der Waals surface area contributed by atoms with Crippen molar-refractivity contribution in [1.29, 1.82) is 0 Å². The van der Waals surface area contributed by atoms with Gasteiger partial charge in [-0.15, -0.1) is 0 Å². The second kappa shape index (κ2) is 3.48. The van der Waals surface area contributed by atoms with Crippen molar-refractivity contribution in [2.45, 2.75) is 25.2 Å². The Morgan fingerprint density at radius 1 is 1.31 bits per heavy atom. The highest BCUT2D eigenvalue weighted by Crippen LogP contribution is 2.41. The van der Waals surface area contributed by atoms with Gasteiger partial charge in [-0.1, -0.05) is 30.3 Å². The van der Waals surface area contributed by atoms with Crippen LogP contribution < -0.4 is 0 Å². The van der Waals surface area contributed by atoms with E-state index in [0.717, 1.165) is 0 Å². The van der Waals surface area contributed by atoms with Crippen LogP contribution in [0.1, 0.15) is 18.6 Å². The summed E-state index contributed by atoms with van der Waals surface area (Å²) in [6, 6.07) is 10.3. The molecule has 0 spiro atoms. The van der Waals surface area contributed by atoms with E-state index in [4.69, 9.17) is 9.47 Å². The van der Waals surface area contributed by atoms with Gasteiger partial charge in [-0.05, 0) is 12.5 Å². The Morgan fingerprint density at radius 2 is 2.00 bits per heavy atom. The van der Waals surface area contributed by atoms with Crippen molar-refractivity contribution in [3.05, 3.63) is 35.9 Å². The molecule has 1 fully saturated rings. The molecule has 1 aromatic rings. The molecule has 70 valence electrons. The van der Waals surface area contributed by atoms with Crippen LogP contribution in [0, 0.1) is 0 Å². The normalized spacial score (nSPS) is 28.5. The lowest BCUT2D eigenvalue weighted by Crippen LogP contribution is -2.13.